The van der Waals surface area contributed by atoms with Crippen molar-refractivity contribution in [1.82, 2.24) is 0 Å². The van der Waals surface area contributed by atoms with Gasteiger partial charge in [0.2, 0.25) is 0 Å². The van der Waals surface area contributed by atoms with Gasteiger partial charge in [0, 0.05) is 37.9 Å². The standard InChI is InChI=1S/C29H44O5/c1-3-4-9-22(2)12-13-26(33-27-10-5-7-18-31-27)24-14-16-29(34-28-11-6-8-19-32-28)21-23(15-17-30)20-25(24)29/h13,21-22,24-25,27-28,30H,5-12,14-20H2,1-2H3/t22?,24-,25-,27?,28?,29+/m0/s1. The van der Waals surface area contributed by atoms with Crippen molar-refractivity contribution in [2.45, 2.75) is 109 Å². The second kappa shape index (κ2) is 12.6. The molecule has 5 heteroatoms. The lowest BCUT2D eigenvalue weighted by molar-refractivity contribution is -0.219. The van der Waals surface area contributed by atoms with Crippen molar-refractivity contribution in [2.24, 2.45) is 17.8 Å². The zero-order valence-corrected chi connectivity index (χ0v) is 21.2. The maximum absolute atomic E-state index is 9.63. The molecule has 34 heavy (non-hydrogen) atoms. The van der Waals surface area contributed by atoms with Crippen molar-refractivity contribution < 1.29 is 24.1 Å². The van der Waals surface area contributed by atoms with Gasteiger partial charge in [-0.25, -0.2) is 0 Å². The minimum absolute atomic E-state index is 0.123. The number of hydrogen-bond donors (Lipinski definition) is 1. The van der Waals surface area contributed by atoms with E-state index in [0.29, 0.717) is 17.8 Å². The molecule has 3 unspecified atom stereocenters. The van der Waals surface area contributed by atoms with Gasteiger partial charge in [-0.15, -0.1) is 11.8 Å². The first-order valence-corrected chi connectivity index (χ1v) is 13.6. The van der Waals surface area contributed by atoms with E-state index in [0.717, 1.165) is 96.0 Å². The van der Waals surface area contributed by atoms with Crippen molar-refractivity contribution in [3.63, 3.8) is 0 Å². The van der Waals surface area contributed by atoms with E-state index < -0.39 is 0 Å². The van der Waals surface area contributed by atoms with Gasteiger partial charge in [-0.05, 0) is 83.1 Å². The summed E-state index contributed by atoms with van der Waals surface area (Å²) in [6, 6.07) is 0. The SMILES string of the molecule is CC#CCC(C)CC=C(OC1CCCCO1)[C@H]1CC[C@@]2(OC3CCCCO3)C=C(CCO)C[C@@H]12. The lowest BCUT2D eigenvalue weighted by Gasteiger charge is -2.36. The number of hydrogen-bond acceptors (Lipinski definition) is 5. The summed E-state index contributed by atoms with van der Waals surface area (Å²) in [4.78, 5) is 0. The van der Waals surface area contributed by atoms with Gasteiger partial charge in [-0.3, -0.25) is 0 Å². The second-order valence-corrected chi connectivity index (χ2v) is 10.6. The Bertz CT molecular complexity index is 765. The highest BCUT2D eigenvalue weighted by Crippen LogP contribution is 2.55. The van der Waals surface area contributed by atoms with Crippen molar-refractivity contribution in [2.75, 3.05) is 19.8 Å². The summed E-state index contributed by atoms with van der Waals surface area (Å²) in [6.07, 6.45) is 16.4. The molecule has 4 aliphatic rings. The van der Waals surface area contributed by atoms with E-state index >= 15 is 0 Å². The predicted molar refractivity (Wildman–Crippen MR) is 133 cm³/mol. The third-order valence-corrected chi connectivity index (χ3v) is 7.93. The van der Waals surface area contributed by atoms with Gasteiger partial charge in [0.1, 0.15) is 0 Å². The molecule has 0 bridgehead atoms. The van der Waals surface area contributed by atoms with E-state index in [4.69, 9.17) is 18.9 Å². The molecule has 3 fully saturated rings. The first-order chi connectivity index (χ1) is 16.6. The topological polar surface area (TPSA) is 57.2 Å². The zero-order valence-electron chi connectivity index (χ0n) is 21.2. The van der Waals surface area contributed by atoms with Crippen LogP contribution >= 0.6 is 0 Å². The number of aliphatic hydroxyl groups is 1. The largest absolute Gasteiger partial charge is 0.469 e. The number of fused-ring (bicyclic) bond motifs is 1. The Hall–Kier alpha value is -1.32. The summed E-state index contributed by atoms with van der Waals surface area (Å²) in [7, 11) is 0. The molecule has 2 aliphatic carbocycles. The number of aliphatic hydroxyl groups excluding tert-OH is 1. The highest BCUT2D eigenvalue weighted by atomic mass is 16.7. The highest BCUT2D eigenvalue weighted by molar-refractivity contribution is 5.29. The van der Waals surface area contributed by atoms with Crippen LogP contribution in [0.2, 0.25) is 0 Å². The molecule has 1 N–H and O–H groups in total. The smallest absolute Gasteiger partial charge is 0.199 e. The van der Waals surface area contributed by atoms with Gasteiger partial charge in [-0.1, -0.05) is 18.6 Å². The molecule has 1 saturated carbocycles. The molecule has 4 rings (SSSR count). The molecule has 0 spiro atoms. The van der Waals surface area contributed by atoms with Gasteiger partial charge < -0.3 is 24.1 Å². The fourth-order valence-corrected chi connectivity index (χ4v) is 6.10. The molecule has 2 heterocycles. The van der Waals surface area contributed by atoms with Crippen LogP contribution in [0, 0.1) is 29.6 Å². The molecule has 0 radical (unpaired) electrons. The Morgan fingerprint density at radius 1 is 1.18 bits per heavy atom. The zero-order chi connectivity index (χ0) is 23.8. The summed E-state index contributed by atoms with van der Waals surface area (Å²) in [5.74, 6) is 8.43. The Kier molecular flexibility index (Phi) is 9.53. The van der Waals surface area contributed by atoms with Crippen LogP contribution < -0.4 is 0 Å². The fraction of sp³-hybridized carbons (Fsp3) is 0.793. The van der Waals surface area contributed by atoms with Gasteiger partial charge in [0.05, 0.1) is 18.0 Å². The van der Waals surface area contributed by atoms with Gasteiger partial charge in [-0.2, -0.15) is 0 Å². The Balaban J connectivity index is 1.54. The quantitative estimate of drug-likeness (QED) is 0.245. The number of ether oxygens (including phenoxy) is 4. The molecule has 0 aromatic carbocycles. The summed E-state index contributed by atoms with van der Waals surface area (Å²) < 4.78 is 25.4. The number of allylic oxidation sites excluding steroid dienone is 2. The van der Waals surface area contributed by atoms with Crippen LogP contribution in [0.4, 0.5) is 0 Å². The minimum Gasteiger partial charge on any atom is -0.469 e. The van der Waals surface area contributed by atoms with E-state index in [2.05, 4.69) is 30.9 Å². The van der Waals surface area contributed by atoms with E-state index in [-0.39, 0.29) is 24.8 Å². The summed E-state index contributed by atoms with van der Waals surface area (Å²) in [6.45, 7) is 5.91. The molecule has 190 valence electrons. The third kappa shape index (κ3) is 6.46. The average Bonchev–Trinajstić information content (AvgIpc) is 3.36. The molecule has 0 amide bonds. The Morgan fingerprint density at radius 2 is 1.94 bits per heavy atom. The monoisotopic (exact) mass is 472 g/mol. The van der Waals surface area contributed by atoms with Gasteiger partial charge >= 0.3 is 0 Å². The molecule has 6 atom stereocenters. The van der Waals surface area contributed by atoms with E-state index in [9.17, 15) is 5.11 Å². The van der Waals surface area contributed by atoms with Crippen LogP contribution in [-0.2, 0) is 18.9 Å². The lowest BCUT2D eigenvalue weighted by Crippen LogP contribution is -2.40. The van der Waals surface area contributed by atoms with Crippen molar-refractivity contribution >= 4 is 0 Å². The molecule has 5 nitrogen and oxygen atoms in total. The molecular weight excluding hydrogens is 428 g/mol. The van der Waals surface area contributed by atoms with Crippen LogP contribution in [0.15, 0.2) is 23.5 Å². The van der Waals surface area contributed by atoms with Crippen LogP contribution in [-0.4, -0.2) is 43.1 Å². The third-order valence-electron chi connectivity index (χ3n) is 7.93. The highest BCUT2D eigenvalue weighted by Gasteiger charge is 2.54. The Morgan fingerprint density at radius 3 is 2.62 bits per heavy atom. The first kappa shape index (κ1) is 25.8. The minimum atomic E-state index is -0.313. The molecule has 2 saturated heterocycles. The summed E-state index contributed by atoms with van der Waals surface area (Å²) in [5.41, 5.74) is 1.000. The van der Waals surface area contributed by atoms with Crippen LogP contribution in [0.1, 0.15) is 90.9 Å². The van der Waals surface area contributed by atoms with Gasteiger partial charge in [0.15, 0.2) is 12.6 Å². The van der Waals surface area contributed by atoms with Crippen molar-refractivity contribution in [3.8, 4) is 11.8 Å². The normalized spacial score (nSPS) is 34.7. The lowest BCUT2D eigenvalue weighted by atomic mass is 9.85. The van der Waals surface area contributed by atoms with E-state index in [1.807, 2.05) is 6.92 Å². The summed E-state index contributed by atoms with van der Waals surface area (Å²) >= 11 is 0. The molecule has 2 aliphatic heterocycles. The van der Waals surface area contributed by atoms with Crippen molar-refractivity contribution in [1.29, 1.82) is 0 Å². The van der Waals surface area contributed by atoms with Crippen molar-refractivity contribution in [3.05, 3.63) is 23.5 Å². The predicted octanol–water partition coefficient (Wildman–Crippen LogP) is 5.87. The average molecular weight is 473 g/mol. The van der Waals surface area contributed by atoms with Crippen LogP contribution in [0.25, 0.3) is 0 Å². The van der Waals surface area contributed by atoms with Crippen LogP contribution in [0.5, 0.6) is 0 Å². The van der Waals surface area contributed by atoms with Gasteiger partial charge in [0.25, 0.3) is 0 Å². The van der Waals surface area contributed by atoms with E-state index in [1.54, 1.807) is 0 Å². The molecular formula is C29H44O5. The molecule has 0 aromatic rings. The molecule has 0 aromatic heterocycles. The second-order valence-electron chi connectivity index (χ2n) is 10.6. The van der Waals surface area contributed by atoms with E-state index in [1.165, 1.54) is 5.57 Å². The first-order valence-electron chi connectivity index (χ1n) is 13.6. The fourth-order valence-electron chi connectivity index (χ4n) is 6.10. The number of rotatable bonds is 10. The van der Waals surface area contributed by atoms with Crippen LogP contribution in [0.3, 0.4) is 0 Å². The summed E-state index contributed by atoms with van der Waals surface area (Å²) in [5, 5.41) is 9.63. The Labute approximate surface area is 206 Å². The maximum Gasteiger partial charge on any atom is 0.199 e. The maximum atomic E-state index is 9.63.